The Morgan fingerprint density at radius 3 is 3.00 bits per heavy atom. The fourth-order valence-electron chi connectivity index (χ4n) is 3.15. The highest BCUT2D eigenvalue weighted by Gasteiger charge is 2.15. The molecule has 0 aliphatic carbocycles. The fourth-order valence-corrected chi connectivity index (χ4v) is 3.15. The lowest BCUT2D eigenvalue weighted by Gasteiger charge is -2.13. The molecule has 3 rings (SSSR count). The van der Waals surface area contributed by atoms with Crippen molar-refractivity contribution in [2.24, 2.45) is 0 Å². The van der Waals surface area contributed by atoms with Crippen LogP contribution in [0.5, 0.6) is 5.75 Å². The minimum Gasteiger partial charge on any atom is -0.495 e. The third kappa shape index (κ3) is 4.10. The maximum absolute atomic E-state index is 12.2. The molecule has 1 aliphatic rings. The van der Waals surface area contributed by atoms with Gasteiger partial charge in [0.25, 0.3) is 0 Å². The summed E-state index contributed by atoms with van der Waals surface area (Å²) in [6.07, 6.45) is 5.25. The molecule has 25 heavy (non-hydrogen) atoms. The number of amides is 2. The fraction of sp³-hybridized carbons (Fsp3) is 0.500. The number of ether oxygens (including phenoxy) is 1. The van der Waals surface area contributed by atoms with E-state index in [4.69, 9.17) is 4.74 Å². The van der Waals surface area contributed by atoms with E-state index in [2.05, 4.69) is 25.4 Å². The molecule has 7 heteroatoms. The van der Waals surface area contributed by atoms with Crippen LogP contribution in [0.25, 0.3) is 0 Å². The molecule has 0 saturated heterocycles. The Bertz CT molecular complexity index is 741. The lowest BCUT2D eigenvalue weighted by atomic mass is 10.2. The summed E-state index contributed by atoms with van der Waals surface area (Å²) in [5, 5.41) is 14.3. The number of rotatable bonds is 5. The molecule has 2 heterocycles. The number of fused-ring (bicyclic) bond motifs is 1. The molecule has 1 aromatic heterocycles. The normalized spacial score (nSPS) is 13.7. The van der Waals surface area contributed by atoms with Crippen molar-refractivity contribution in [3.8, 4) is 5.75 Å². The van der Waals surface area contributed by atoms with Crippen molar-refractivity contribution in [3.63, 3.8) is 0 Å². The number of para-hydroxylation sites is 1. The standard InChI is InChI=1S/C18H25N5O2/c1-13-7-6-8-14(25-2)17(13)20-18(24)19-11-10-16-22-21-15-9-4-3-5-12-23(15)16/h6-8H,3-5,9-12H2,1-2H3,(H2,19,20,24). The SMILES string of the molecule is COc1cccc(C)c1NC(=O)NCCc1nnc2n1CCCCC2. The molecule has 2 aromatic rings. The molecule has 0 fully saturated rings. The molecule has 134 valence electrons. The molecule has 1 aliphatic heterocycles. The molecular formula is C18H25N5O2. The van der Waals surface area contributed by atoms with Gasteiger partial charge in [0.1, 0.15) is 17.4 Å². The second-order valence-electron chi connectivity index (χ2n) is 6.28. The zero-order chi connectivity index (χ0) is 17.6. The van der Waals surface area contributed by atoms with Crippen LogP contribution in [-0.4, -0.2) is 34.5 Å². The quantitative estimate of drug-likeness (QED) is 0.874. The average Bonchev–Trinajstić information content (AvgIpc) is 2.84. The van der Waals surface area contributed by atoms with Gasteiger partial charge in [-0.25, -0.2) is 4.79 Å². The largest absolute Gasteiger partial charge is 0.495 e. The number of benzene rings is 1. The minimum atomic E-state index is -0.247. The van der Waals surface area contributed by atoms with Crippen LogP contribution in [0.15, 0.2) is 18.2 Å². The number of aromatic nitrogens is 3. The first-order valence-electron chi connectivity index (χ1n) is 8.78. The summed E-state index contributed by atoms with van der Waals surface area (Å²) >= 11 is 0. The van der Waals surface area contributed by atoms with Crippen LogP contribution in [0.2, 0.25) is 0 Å². The van der Waals surface area contributed by atoms with Gasteiger partial charge < -0.3 is 19.9 Å². The van der Waals surface area contributed by atoms with E-state index in [1.807, 2.05) is 25.1 Å². The van der Waals surface area contributed by atoms with Crippen molar-refractivity contribution in [3.05, 3.63) is 35.4 Å². The van der Waals surface area contributed by atoms with Crippen molar-refractivity contribution in [2.75, 3.05) is 19.0 Å². The third-order valence-electron chi connectivity index (χ3n) is 4.51. The van der Waals surface area contributed by atoms with Gasteiger partial charge >= 0.3 is 6.03 Å². The van der Waals surface area contributed by atoms with Crippen molar-refractivity contribution in [1.82, 2.24) is 20.1 Å². The first-order valence-corrected chi connectivity index (χ1v) is 8.78. The summed E-state index contributed by atoms with van der Waals surface area (Å²) in [5.41, 5.74) is 1.65. The van der Waals surface area contributed by atoms with Gasteiger partial charge in [0.05, 0.1) is 12.8 Å². The number of aryl methyl sites for hydroxylation is 2. The summed E-state index contributed by atoms with van der Waals surface area (Å²) in [5.74, 6) is 2.67. The maximum atomic E-state index is 12.2. The van der Waals surface area contributed by atoms with E-state index in [1.165, 1.54) is 19.3 Å². The maximum Gasteiger partial charge on any atom is 0.319 e. The Morgan fingerprint density at radius 1 is 1.28 bits per heavy atom. The lowest BCUT2D eigenvalue weighted by molar-refractivity contribution is 0.252. The lowest BCUT2D eigenvalue weighted by Crippen LogP contribution is -2.31. The number of carbonyl (C=O) groups is 1. The summed E-state index contributed by atoms with van der Waals surface area (Å²) in [7, 11) is 1.59. The smallest absolute Gasteiger partial charge is 0.319 e. The van der Waals surface area contributed by atoms with Gasteiger partial charge in [-0.2, -0.15) is 0 Å². The van der Waals surface area contributed by atoms with E-state index in [-0.39, 0.29) is 6.03 Å². The van der Waals surface area contributed by atoms with Crippen LogP contribution in [0.4, 0.5) is 10.5 Å². The number of anilines is 1. The molecule has 0 radical (unpaired) electrons. The Morgan fingerprint density at radius 2 is 2.16 bits per heavy atom. The average molecular weight is 343 g/mol. The van der Waals surface area contributed by atoms with Crippen LogP contribution in [0.1, 0.15) is 36.5 Å². The monoisotopic (exact) mass is 343 g/mol. The van der Waals surface area contributed by atoms with Gasteiger partial charge in [0.2, 0.25) is 0 Å². The van der Waals surface area contributed by atoms with Crippen LogP contribution in [0, 0.1) is 6.92 Å². The van der Waals surface area contributed by atoms with Gasteiger partial charge in [-0.15, -0.1) is 10.2 Å². The van der Waals surface area contributed by atoms with E-state index < -0.39 is 0 Å². The number of nitrogens with zero attached hydrogens (tertiary/aromatic N) is 3. The van der Waals surface area contributed by atoms with E-state index in [0.29, 0.717) is 24.4 Å². The van der Waals surface area contributed by atoms with Crippen LogP contribution >= 0.6 is 0 Å². The Balaban J connectivity index is 1.55. The van der Waals surface area contributed by atoms with E-state index in [9.17, 15) is 4.79 Å². The van der Waals surface area contributed by atoms with Crippen molar-refractivity contribution < 1.29 is 9.53 Å². The summed E-state index contributed by atoms with van der Waals surface area (Å²) in [6.45, 7) is 3.42. The van der Waals surface area contributed by atoms with Crippen molar-refractivity contribution in [2.45, 2.75) is 45.6 Å². The molecule has 7 nitrogen and oxygen atoms in total. The number of hydrogen-bond acceptors (Lipinski definition) is 4. The predicted octanol–water partition coefficient (Wildman–Crippen LogP) is 2.69. The topological polar surface area (TPSA) is 81.1 Å². The van der Waals surface area contributed by atoms with Gasteiger partial charge in [-0.3, -0.25) is 0 Å². The molecule has 0 spiro atoms. The molecule has 1 aromatic carbocycles. The molecule has 0 saturated carbocycles. The van der Waals surface area contributed by atoms with Gasteiger partial charge in [-0.05, 0) is 31.4 Å². The molecular weight excluding hydrogens is 318 g/mol. The van der Waals surface area contributed by atoms with Gasteiger partial charge in [-0.1, -0.05) is 18.6 Å². The number of nitrogens with one attached hydrogen (secondary N) is 2. The Kier molecular flexibility index (Phi) is 5.53. The molecule has 2 N–H and O–H groups in total. The van der Waals surface area contributed by atoms with E-state index >= 15 is 0 Å². The molecule has 0 bridgehead atoms. The number of methoxy groups -OCH3 is 1. The zero-order valence-electron chi connectivity index (χ0n) is 14.8. The first-order chi connectivity index (χ1) is 12.2. The van der Waals surface area contributed by atoms with Crippen LogP contribution in [-0.2, 0) is 19.4 Å². The van der Waals surface area contributed by atoms with Crippen LogP contribution < -0.4 is 15.4 Å². The summed E-state index contributed by atoms with van der Waals surface area (Å²) in [4.78, 5) is 12.2. The van der Waals surface area contributed by atoms with Crippen LogP contribution in [0.3, 0.4) is 0 Å². The predicted molar refractivity (Wildman–Crippen MR) is 96.0 cm³/mol. The van der Waals surface area contributed by atoms with E-state index in [0.717, 1.165) is 30.2 Å². The summed E-state index contributed by atoms with van der Waals surface area (Å²) in [6, 6.07) is 5.41. The molecule has 2 amide bonds. The number of hydrogen-bond donors (Lipinski definition) is 2. The highest BCUT2D eigenvalue weighted by atomic mass is 16.5. The van der Waals surface area contributed by atoms with Gasteiger partial charge in [0.15, 0.2) is 0 Å². The number of urea groups is 1. The zero-order valence-corrected chi connectivity index (χ0v) is 14.8. The third-order valence-corrected chi connectivity index (χ3v) is 4.51. The second kappa shape index (κ2) is 8.00. The van der Waals surface area contributed by atoms with Crippen molar-refractivity contribution in [1.29, 1.82) is 0 Å². The highest BCUT2D eigenvalue weighted by molar-refractivity contribution is 5.91. The minimum absolute atomic E-state index is 0.247. The Labute approximate surface area is 147 Å². The van der Waals surface area contributed by atoms with Gasteiger partial charge in [0, 0.05) is 25.9 Å². The second-order valence-corrected chi connectivity index (χ2v) is 6.28. The highest BCUT2D eigenvalue weighted by Crippen LogP contribution is 2.27. The van der Waals surface area contributed by atoms with E-state index in [1.54, 1.807) is 7.11 Å². The van der Waals surface area contributed by atoms with Crippen molar-refractivity contribution >= 4 is 11.7 Å². The first kappa shape index (κ1) is 17.3. The Hall–Kier alpha value is -2.57. The number of carbonyl (C=O) groups excluding carboxylic acids is 1. The molecule has 0 atom stereocenters. The summed E-state index contributed by atoms with van der Waals surface area (Å²) < 4.78 is 7.51. The molecule has 0 unspecified atom stereocenters.